The third-order valence-electron chi connectivity index (χ3n) is 5.14. The highest BCUT2D eigenvalue weighted by Crippen LogP contribution is 2.41. The summed E-state index contributed by atoms with van der Waals surface area (Å²) in [7, 11) is 0. The summed E-state index contributed by atoms with van der Waals surface area (Å²) < 4.78 is 39.7. The minimum absolute atomic E-state index is 0.0963. The number of ether oxygens (including phenoxy) is 2. The van der Waals surface area contributed by atoms with E-state index in [-0.39, 0.29) is 12.1 Å². The number of alkyl halides is 2. The molecule has 2 aliphatic rings. The molecule has 2 saturated carbocycles. The van der Waals surface area contributed by atoms with Gasteiger partial charge in [0, 0.05) is 12.6 Å². The zero-order valence-corrected chi connectivity index (χ0v) is 13.9. The average Bonchev–Trinajstić information content (AvgIpc) is 2.48. The van der Waals surface area contributed by atoms with Crippen molar-refractivity contribution in [3.8, 4) is 0 Å². The first-order chi connectivity index (χ1) is 10.4. The topological polar surface area (TPSA) is 44.5 Å². The maximum atomic E-state index is 14.4. The predicted octanol–water partition coefficient (Wildman–Crippen LogP) is 4.10. The molecule has 0 spiro atoms. The molecular formula is C17H31F2NO2. The molecule has 5 heteroatoms. The molecule has 0 aliphatic heterocycles. The molecule has 2 rings (SSSR count). The van der Waals surface area contributed by atoms with Gasteiger partial charge >= 0.3 is 6.11 Å². The maximum Gasteiger partial charge on any atom is 0.358 e. The molecular weight excluding hydrogens is 288 g/mol. The van der Waals surface area contributed by atoms with Crippen LogP contribution in [0.1, 0.15) is 65.2 Å². The van der Waals surface area contributed by atoms with Crippen LogP contribution in [0.2, 0.25) is 0 Å². The second-order valence-corrected chi connectivity index (χ2v) is 7.14. The van der Waals surface area contributed by atoms with E-state index >= 15 is 0 Å². The van der Waals surface area contributed by atoms with Crippen LogP contribution in [0.5, 0.6) is 0 Å². The Balaban J connectivity index is 1.82. The largest absolute Gasteiger partial charge is 0.378 e. The van der Waals surface area contributed by atoms with Crippen LogP contribution in [0.4, 0.5) is 8.78 Å². The molecule has 3 nitrogen and oxygen atoms in total. The van der Waals surface area contributed by atoms with Crippen LogP contribution in [0, 0.1) is 11.8 Å². The molecule has 0 aromatic carbocycles. The molecule has 0 heterocycles. The van der Waals surface area contributed by atoms with Crippen LogP contribution in [-0.2, 0) is 9.47 Å². The van der Waals surface area contributed by atoms with Crippen LogP contribution in [0.15, 0.2) is 0 Å². The molecule has 2 N–H and O–H groups in total. The van der Waals surface area contributed by atoms with Crippen LogP contribution >= 0.6 is 0 Å². The van der Waals surface area contributed by atoms with Gasteiger partial charge in [0.2, 0.25) is 0 Å². The molecule has 130 valence electrons. The van der Waals surface area contributed by atoms with Crippen molar-refractivity contribution < 1.29 is 18.3 Å². The van der Waals surface area contributed by atoms with Crippen LogP contribution in [-0.4, -0.2) is 31.0 Å². The van der Waals surface area contributed by atoms with Gasteiger partial charge in [-0.15, -0.1) is 0 Å². The van der Waals surface area contributed by atoms with E-state index in [2.05, 4.69) is 13.8 Å². The highest BCUT2D eigenvalue weighted by molar-refractivity contribution is 4.86. The van der Waals surface area contributed by atoms with E-state index in [9.17, 15) is 8.78 Å². The summed E-state index contributed by atoms with van der Waals surface area (Å²) in [6, 6.07) is -0.357. The Labute approximate surface area is 132 Å². The zero-order valence-electron chi connectivity index (χ0n) is 13.9. The Kier molecular flexibility index (Phi) is 6.59. The van der Waals surface area contributed by atoms with E-state index in [1.807, 2.05) is 0 Å². The van der Waals surface area contributed by atoms with Crippen molar-refractivity contribution in [3.63, 3.8) is 0 Å². The fourth-order valence-corrected chi connectivity index (χ4v) is 3.61. The van der Waals surface area contributed by atoms with Crippen molar-refractivity contribution in [2.24, 2.45) is 17.6 Å². The van der Waals surface area contributed by atoms with Gasteiger partial charge < -0.3 is 15.2 Å². The van der Waals surface area contributed by atoms with E-state index in [1.54, 1.807) is 0 Å². The molecule has 3 unspecified atom stereocenters. The number of hydrogen-bond donors (Lipinski definition) is 1. The molecule has 0 aromatic heterocycles. The second kappa shape index (κ2) is 8.02. The lowest BCUT2D eigenvalue weighted by Gasteiger charge is -2.39. The molecule has 0 amide bonds. The Morgan fingerprint density at radius 2 is 1.77 bits per heavy atom. The molecule has 0 aromatic rings. The SMILES string of the molecule is CCCOC1CCC(OC(F)(F)C2CCC(C)CC2)C(N)C1. The van der Waals surface area contributed by atoms with Gasteiger partial charge in [-0.05, 0) is 44.4 Å². The summed E-state index contributed by atoms with van der Waals surface area (Å²) in [5, 5.41) is 0. The lowest BCUT2D eigenvalue weighted by Crippen LogP contribution is -2.49. The monoisotopic (exact) mass is 319 g/mol. The number of halogens is 2. The molecule has 2 aliphatic carbocycles. The summed E-state index contributed by atoms with van der Waals surface area (Å²) in [6.07, 6.45) is 2.25. The average molecular weight is 319 g/mol. The number of nitrogens with two attached hydrogens (primary N) is 1. The van der Waals surface area contributed by atoms with E-state index < -0.39 is 18.1 Å². The molecule has 0 radical (unpaired) electrons. The first-order valence-electron chi connectivity index (χ1n) is 8.85. The fourth-order valence-electron chi connectivity index (χ4n) is 3.61. The molecule has 0 saturated heterocycles. The highest BCUT2D eigenvalue weighted by Gasteiger charge is 2.45. The zero-order chi connectivity index (χ0) is 16.2. The van der Waals surface area contributed by atoms with Crippen molar-refractivity contribution >= 4 is 0 Å². The summed E-state index contributed by atoms with van der Waals surface area (Å²) in [5.41, 5.74) is 6.06. The van der Waals surface area contributed by atoms with E-state index in [0.29, 0.717) is 38.2 Å². The number of hydrogen-bond acceptors (Lipinski definition) is 3. The summed E-state index contributed by atoms with van der Waals surface area (Å²) in [6.45, 7) is 4.89. The van der Waals surface area contributed by atoms with E-state index in [0.717, 1.165) is 25.7 Å². The van der Waals surface area contributed by atoms with E-state index in [1.165, 1.54) is 0 Å². The van der Waals surface area contributed by atoms with E-state index in [4.69, 9.17) is 15.2 Å². The number of rotatable bonds is 6. The predicted molar refractivity (Wildman–Crippen MR) is 82.8 cm³/mol. The molecule has 2 fully saturated rings. The van der Waals surface area contributed by atoms with Gasteiger partial charge in [0.25, 0.3) is 0 Å². The Bertz CT molecular complexity index is 333. The first kappa shape index (κ1) is 18.1. The molecule has 22 heavy (non-hydrogen) atoms. The maximum absolute atomic E-state index is 14.4. The second-order valence-electron chi connectivity index (χ2n) is 7.14. The summed E-state index contributed by atoms with van der Waals surface area (Å²) >= 11 is 0. The quantitative estimate of drug-likeness (QED) is 0.801. The fraction of sp³-hybridized carbons (Fsp3) is 1.00. The summed E-state index contributed by atoms with van der Waals surface area (Å²) in [5.74, 6) is -0.0922. The molecule has 0 bridgehead atoms. The Morgan fingerprint density at radius 3 is 2.36 bits per heavy atom. The van der Waals surface area contributed by atoms with Crippen molar-refractivity contribution in [1.29, 1.82) is 0 Å². The minimum Gasteiger partial charge on any atom is -0.378 e. The highest BCUT2D eigenvalue weighted by atomic mass is 19.3. The first-order valence-corrected chi connectivity index (χ1v) is 8.85. The third kappa shape index (κ3) is 4.87. The van der Waals surface area contributed by atoms with Gasteiger partial charge in [0.1, 0.15) is 0 Å². The van der Waals surface area contributed by atoms with Crippen LogP contribution < -0.4 is 5.73 Å². The standard InChI is InChI=1S/C17H31F2NO2/c1-3-10-21-14-8-9-16(15(20)11-14)22-17(18,19)13-6-4-12(2)5-7-13/h12-16H,3-11,20H2,1-2H3. The van der Waals surface area contributed by atoms with Gasteiger partial charge in [0.05, 0.1) is 18.1 Å². The summed E-state index contributed by atoms with van der Waals surface area (Å²) in [4.78, 5) is 0. The van der Waals surface area contributed by atoms with Crippen molar-refractivity contribution in [1.82, 2.24) is 0 Å². The Hall–Kier alpha value is -0.260. The van der Waals surface area contributed by atoms with Crippen molar-refractivity contribution in [3.05, 3.63) is 0 Å². The van der Waals surface area contributed by atoms with Gasteiger partial charge in [-0.25, -0.2) is 0 Å². The Morgan fingerprint density at radius 1 is 1.09 bits per heavy atom. The lowest BCUT2D eigenvalue weighted by atomic mass is 9.82. The molecule has 3 atom stereocenters. The van der Waals surface area contributed by atoms with Gasteiger partial charge in [-0.3, -0.25) is 0 Å². The third-order valence-corrected chi connectivity index (χ3v) is 5.14. The van der Waals surface area contributed by atoms with Crippen LogP contribution in [0.3, 0.4) is 0 Å². The minimum atomic E-state index is -3.04. The van der Waals surface area contributed by atoms with Crippen molar-refractivity contribution in [2.75, 3.05) is 6.61 Å². The normalized spacial score (nSPS) is 37.2. The van der Waals surface area contributed by atoms with Gasteiger partial charge in [-0.1, -0.05) is 26.7 Å². The van der Waals surface area contributed by atoms with Gasteiger partial charge in [-0.2, -0.15) is 8.78 Å². The van der Waals surface area contributed by atoms with Crippen molar-refractivity contribution in [2.45, 2.75) is 89.6 Å². The van der Waals surface area contributed by atoms with Gasteiger partial charge in [0.15, 0.2) is 0 Å². The van der Waals surface area contributed by atoms with Crippen LogP contribution in [0.25, 0.3) is 0 Å². The smallest absolute Gasteiger partial charge is 0.358 e. The lowest BCUT2D eigenvalue weighted by molar-refractivity contribution is -0.304.